The Morgan fingerprint density at radius 3 is 2.55 bits per heavy atom. The fraction of sp³-hybridized carbons (Fsp3) is 0. The van der Waals surface area contributed by atoms with Crippen molar-refractivity contribution in [3.8, 4) is 0 Å². The van der Waals surface area contributed by atoms with Crippen molar-refractivity contribution >= 4 is 50.6 Å². The first-order valence-electron chi connectivity index (χ1n) is 5.75. The molecule has 0 bridgehead atoms. The van der Waals surface area contributed by atoms with Crippen LogP contribution < -0.4 is 5.32 Å². The second-order valence-corrected chi connectivity index (χ2v) is 5.62. The van der Waals surface area contributed by atoms with Crippen molar-refractivity contribution in [3.63, 3.8) is 0 Å². The van der Waals surface area contributed by atoms with E-state index >= 15 is 0 Å². The highest BCUT2D eigenvalue weighted by molar-refractivity contribution is 9.10. The summed E-state index contributed by atoms with van der Waals surface area (Å²) in [5, 5.41) is 3.83. The molecule has 0 unspecified atom stereocenters. The first-order chi connectivity index (χ1) is 9.58. The van der Waals surface area contributed by atoms with Crippen molar-refractivity contribution in [1.82, 2.24) is 0 Å². The molecule has 20 heavy (non-hydrogen) atoms. The molecule has 0 amide bonds. The van der Waals surface area contributed by atoms with Gasteiger partial charge in [-0.2, -0.15) is 0 Å². The molecular weight excluding hydrogens is 361 g/mol. The summed E-state index contributed by atoms with van der Waals surface area (Å²) in [6.07, 6.45) is 3.03. The maximum Gasteiger partial charge on any atom is 0.187 e. The Balaban J connectivity index is 2.06. The lowest BCUT2D eigenvalue weighted by Crippen LogP contribution is -1.96. The van der Waals surface area contributed by atoms with E-state index in [-0.39, 0.29) is 5.78 Å². The average molecular weight is 371 g/mol. The van der Waals surface area contributed by atoms with E-state index in [0.29, 0.717) is 15.6 Å². The van der Waals surface area contributed by atoms with Crippen LogP contribution in [0.2, 0.25) is 10.0 Å². The lowest BCUT2D eigenvalue weighted by Gasteiger charge is -2.03. The summed E-state index contributed by atoms with van der Waals surface area (Å²) in [4.78, 5) is 11.9. The average Bonchev–Trinajstić information content (AvgIpc) is 2.44. The molecule has 0 aliphatic rings. The summed E-state index contributed by atoms with van der Waals surface area (Å²) in [6, 6.07) is 12.4. The molecule has 0 aliphatic carbocycles. The minimum atomic E-state index is -0.150. The monoisotopic (exact) mass is 369 g/mol. The molecule has 0 saturated heterocycles. The van der Waals surface area contributed by atoms with Crippen LogP contribution >= 0.6 is 39.1 Å². The molecule has 0 saturated carbocycles. The highest BCUT2D eigenvalue weighted by Crippen LogP contribution is 2.23. The fourth-order valence-corrected chi connectivity index (χ4v) is 2.23. The molecular formula is C15H10BrCl2NO. The smallest absolute Gasteiger partial charge is 0.187 e. The van der Waals surface area contributed by atoms with E-state index < -0.39 is 0 Å². The Bertz CT molecular complexity index is 671. The minimum Gasteiger partial charge on any atom is -0.361 e. The van der Waals surface area contributed by atoms with Crippen LogP contribution in [0.5, 0.6) is 0 Å². The first-order valence-corrected chi connectivity index (χ1v) is 7.30. The van der Waals surface area contributed by atoms with Gasteiger partial charge in [-0.3, -0.25) is 4.79 Å². The topological polar surface area (TPSA) is 29.1 Å². The van der Waals surface area contributed by atoms with Crippen molar-refractivity contribution in [3.05, 3.63) is 74.8 Å². The standard InChI is InChI=1S/C15H10BrCl2NO/c16-11-3-1-2-4-14(11)19-8-7-15(20)10-5-6-12(17)13(18)9-10/h1-9,19H/b8-7+. The Kier molecular flexibility index (Phi) is 5.24. The van der Waals surface area contributed by atoms with Gasteiger partial charge in [0.1, 0.15) is 0 Å². The highest BCUT2D eigenvalue weighted by atomic mass is 79.9. The third-order valence-electron chi connectivity index (χ3n) is 2.55. The minimum absolute atomic E-state index is 0.150. The van der Waals surface area contributed by atoms with Gasteiger partial charge >= 0.3 is 0 Å². The fourth-order valence-electron chi connectivity index (χ4n) is 1.53. The number of hydrogen-bond acceptors (Lipinski definition) is 2. The van der Waals surface area contributed by atoms with Crippen molar-refractivity contribution in [2.24, 2.45) is 0 Å². The number of allylic oxidation sites excluding steroid dienone is 1. The number of carbonyl (C=O) groups excluding carboxylic acids is 1. The van der Waals surface area contributed by atoms with E-state index in [1.54, 1.807) is 24.4 Å². The van der Waals surface area contributed by atoms with Crippen LogP contribution in [0, 0.1) is 0 Å². The van der Waals surface area contributed by atoms with Gasteiger partial charge in [0, 0.05) is 22.3 Å². The summed E-state index contributed by atoms with van der Waals surface area (Å²) >= 11 is 15.1. The second-order valence-electron chi connectivity index (χ2n) is 3.95. The zero-order chi connectivity index (χ0) is 14.5. The van der Waals surface area contributed by atoms with E-state index in [1.165, 1.54) is 6.08 Å². The van der Waals surface area contributed by atoms with Crippen molar-refractivity contribution < 1.29 is 4.79 Å². The second kappa shape index (κ2) is 6.93. The molecule has 102 valence electrons. The van der Waals surface area contributed by atoms with Gasteiger partial charge in [-0.25, -0.2) is 0 Å². The van der Waals surface area contributed by atoms with Gasteiger partial charge < -0.3 is 5.32 Å². The molecule has 5 heteroatoms. The van der Waals surface area contributed by atoms with Crippen LogP contribution in [0.3, 0.4) is 0 Å². The van der Waals surface area contributed by atoms with E-state index in [9.17, 15) is 4.79 Å². The van der Waals surface area contributed by atoms with E-state index in [0.717, 1.165) is 10.2 Å². The highest BCUT2D eigenvalue weighted by Gasteiger charge is 2.05. The molecule has 0 fully saturated rings. The summed E-state index contributed by atoms with van der Waals surface area (Å²) < 4.78 is 0.923. The molecule has 0 aromatic heterocycles. The van der Waals surface area contributed by atoms with Crippen LogP contribution in [0.4, 0.5) is 5.69 Å². The summed E-state index contributed by atoms with van der Waals surface area (Å²) in [7, 11) is 0. The van der Waals surface area contributed by atoms with Crippen LogP contribution in [-0.4, -0.2) is 5.78 Å². The number of carbonyl (C=O) groups is 1. The lowest BCUT2D eigenvalue weighted by molar-refractivity contribution is 0.104. The number of nitrogens with one attached hydrogen (secondary N) is 1. The molecule has 0 spiro atoms. The van der Waals surface area contributed by atoms with Crippen LogP contribution in [-0.2, 0) is 0 Å². The van der Waals surface area contributed by atoms with Gasteiger partial charge in [-0.1, -0.05) is 35.3 Å². The SMILES string of the molecule is O=C(/C=C/Nc1ccccc1Br)c1ccc(Cl)c(Cl)c1. The third kappa shape index (κ3) is 3.85. The Labute approximate surface area is 135 Å². The van der Waals surface area contributed by atoms with Crippen LogP contribution in [0.15, 0.2) is 59.2 Å². The zero-order valence-corrected chi connectivity index (χ0v) is 13.3. The van der Waals surface area contributed by atoms with Gasteiger partial charge in [0.15, 0.2) is 5.78 Å². The maximum atomic E-state index is 11.9. The van der Waals surface area contributed by atoms with Gasteiger partial charge in [0.25, 0.3) is 0 Å². The maximum absolute atomic E-state index is 11.9. The zero-order valence-electron chi connectivity index (χ0n) is 10.2. The van der Waals surface area contributed by atoms with Gasteiger partial charge in [0.2, 0.25) is 0 Å². The Hall–Kier alpha value is -1.29. The predicted molar refractivity (Wildman–Crippen MR) is 87.7 cm³/mol. The summed E-state index contributed by atoms with van der Waals surface area (Å²) in [5.41, 5.74) is 1.37. The molecule has 0 aliphatic heterocycles. The number of ketones is 1. The Morgan fingerprint density at radius 2 is 1.85 bits per heavy atom. The van der Waals surface area contributed by atoms with Crippen LogP contribution in [0.25, 0.3) is 0 Å². The van der Waals surface area contributed by atoms with Crippen molar-refractivity contribution in [2.45, 2.75) is 0 Å². The Morgan fingerprint density at radius 1 is 1.10 bits per heavy atom. The molecule has 2 aromatic rings. The largest absolute Gasteiger partial charge is 0.361 e. The third-order valence-corrected chi connectivity index (χ3v) is 3.98. The normalized spacial score (nSPS) is 10.8. The van der Waals surface area contributed by atoms with E-state index in [1.807, 2.05) is 24.3 Å². The molecule has 2 aromatic carbocycles. The number of para-hydroxylation sites is 1. The molecule has 1 N–H and O–H groups in total. The van der Waals surface area contributed by atoms with Gasteiger partial charge in [-0.05, 0) is 46.3 Å². The quantitative estimate of drug-likeness (QED) is 0.563. The lowest BCUT2D eigenvalue weighted by atomic mass is 10.1. The van der Waals surface area contributed by atoms with E-state index in [2.05, 4.69) is 21.2 Å². The molecule has 0 radical (unpaired) electrons. The summed E-state index contributed by atoms with van der Waals surface area (Å²) in [5.74, 6) is -0.150. The van der Waals surface area contributed by atoms with Crippen molar-refractivity contribution in [2.75, 3.05) is 5.32 Å². The van der Waals surface area contributed by atoms with Crippen LogP contribution in [0.1, 0.15) is 10.4 Å². The van der Waals surface area contributed by atoms with E-state index in [4.69, 9.17) is 23.2 Å². The number of anilines is 1. The number of benzene rings is 2. The summed E-state index contributed by atoms with van der Waals surface area (Å²) in [6.45, 7) is 0. The van der Waals surface area contributed by atoms with Crippen molar-refractivity contribution in [1.29, 1.82) is 0 Å². The predicted octanol–water partition coefficient (Wildman–Crippen LogP) is 5.56. The number of rotatable bonds is 4. The molecule has 0 atom stereocenters. The van der Waals surface area contributed by atoms with Gasteiger partial charge in [-0.15, -0.1) is 0 Å². The van der Waals surface area contributed by atoms with Gasteiger partial charge in [0.05, 0.1) is 15.7 Å². The molecule has 0 heterocycles. The number of hydrogen-bond donors (Lipinski definition) is 1. The molecule has 2 rings (SSSR count). The number of halogens is 3. The molecule has 2 nitrogen and oxygen atoms in total. The first kappa shape index (κ1) is 15.1.